The summed E-state index contributed by atoms with van der Waals surface area (Å²) in [5.74, 6) is -0.532. The first-order valence-electron chi connectivity index (χ1n) is 6.54. The van der Waals surface area contributed by atoms with Crippen LogP contribution in [0.1, 0.15) is 18.5 Å². The van der Waals surface area contributed by atoms with E-state index < -0.39 is 15.8 Å². The van der Waals surface area contributed by atoms with E-state index in [0.717, 1.165) is 11.6 Å². The Balaban J connectivity index is 1.89. The Morgan fingerprint density at radius 3 is 2.86 bits per heavy atom. The number of fused-ring (bicyclic) bond motifs is 1. The van der Waals surface area contributed by atoms with Crippen LogP contribution in [-0.2, 0) is 10.0 Å². The molecule has 0 spiro atoms. The van der Waals surface area contributed by atoms with E-state index in [1.165, 1.54) is 12.1 Å². The molecule has 0 saturated heterocycles. The maximum absolute atomic E-state index is 13.2. The molecule has 1 aliphatic heterocycles. The van der Waals surface area contributed by atoms with Crippen molar-refractivity contribution in [2.75, 3.05) is 5.32 Å². The van der Waals surface area contributed by atoms with Crippen molar-refractivity contribution < 1.29 is 12.8 Å². The molecule has 0 radical (unpaired) electrons. The minimum atomic E-state index is -3.93. The highest BCUT2D eigenvalue weighted by Crippen LogP contribution is 2.27. The molecule has 1 unspecified atom stereocenters. The second-order valence-electron chi connectivity index (χ2n) is 4.83. The molecule has 0 aliphatic carbocycles. The second-order valence-corrected chi connectivity index (χ2v) is 6.41. The van der Waals surface area contributed by atoms with Gasteiger partial charge in [0.2, 0.25) is 5.96 Å². The molecule has 2 aromatic rings. The number of aromatic nitrogens is 1. The van der Waals surface area contributed by atoms with Gasteiger partial charge in [-0.05, 0) is 36.8 Å². The fraction of sp³-hybridized carbons (Fsp3) is 0.143. The Hall–Kier alpha value is -2.48. The molecule has 114 valence electrons. The molecule has 1 aromatic heterocycles. The van der Waals surface area contributed by atoms with Gasteiger partial charge in [-0.1, -0.05) is 6.07 Å². The van der Waals surface area contributed by atoms with Crippen molar-refractivity contribution in [1.82, 2.24) is 10.3 Å². The molecule has 0 amide bonds. The molecule has 2 heterocycles. The van der Waals surface area contributed by atoms with Gasteiger partial charge >= 0.3 is 0 Å². The molecule has 0 saturated carbocycles. The minimum absolute atomic E-state index is 0.0930. The molecule has 22 heavy (non-hydrogen) atoms. The van der Waals surface area contributed by atoms with E-state index in [-0.39, 0.29) is 22.6 Å². The Morgan fingerprint density at radius 1 is 1.32 bits per heavy atom. The van der Waals surface area contributed by atoms with Crippen LogP contribution in [0, 0.1) is 5.82 Å². The summed E-state index contributed by atoms with van der Waals surface area (Å²) in [5.41, 5.74) is 1.17. The van der Waals surface area contributed by atoms with Crippen LogP contribution in [0.5, 0.6) is 0 Å². The summed E-state index contributed by atoms with van der Waals surface area (Å²) >= 11 is 0. The molecule has 2 N–H and O–H groups in total. The summed E-state index contributed by atoms with van der Waals surface area (Å²) in [6, 6.07) is 6.96. The fourth-order valence-electron chi connectivity index (χ4n) is 2.12. The number of nitrogens with zero attached hydrogens (tertiary/aromatic N) is 2. The first-order chi connectivity index (χ1) is 10.5. The molecule has 1 aliphatic rings. The second kappa shape index (κ2) is 5.38. The van der Waals surface area contributed by atoms with Gasteiger partial charge in [0.15, 0.2) is 0 Å². The van der Waals surface area contributed by atoms with Crippen LogP contribution in [-0.4, -0.2) is 19.4 Å². The average molecular weight is 320 g/mol. The van der Waals surface area contributed by atoms with Gasteiger partial charge in [0.1, 0.15) is 10.7 Å². The lowest BCUT2D eigenvalue weighted by atomic mass is 10.1. The number of hydrogen-bond donors (Lipinski definition) is 2. The maximum atomic E-state index is 13.2. The number of sulfonamides is 1. The number of halogens is 1. The van der Waals surface area contributed by atoms with E-state index >= 15 is 0 Å². The Kier molecular flexibility index (Phi) is 3.53. The van der Waals surface area contributed by atoms with Gasteiger partial charge in [0.05, 0.1) is 11.7 Å². The van der Waals surface area contributed by atoms with Gasteiger partial charge in [-0.3, -0.25) is 4.98 Å². The lowest BCUT2D eigenvalue weighted by molar-refractivity contribution is 0.591. The quantitative estimate of drug-likeness (QED) is 0.885. The van der Waals surface area contributed by atoms with Crippen molar-refractivity contribution in [1.29, 1.82) is 0 Å². The van der Waals surface area contributed by atoms with E-state index in [1.54, 1.807) is 18.5 Å². The highest BCUT2D eigenvalue weighted by Gasteiger charge is 2.26. The largest absolute Gasteiger partial charge is 0.349 e. The highest BCUT2D eigenvalue weighted by molar-refractivity contribution is 7.90. The van der Waals surface area contributed by atoms with Crippen LogP contribution in [0.25, 0.3) is 0 Å². The summed E-state index contributed by atoms with van der Waals surface area (Å²) in [6.07, 6.45) is 3.33. The fourth-order valence-corrected chi connectivity index (χ4v) is 3.21. The summed E-state index contributed by atoms with van der Waals surface area (Å²) in [4.78, 5) is 3.84. The smallest absolute Gasteiger partial charge is 0.287 e. The topological polar surface area (TPSA) is 83.5 Å². The number of pyridine rings is 1. The van der Waals surface area contributed by atoms with Crippen molar-refractivity contribution in [2.24, 2.45) is 4.40 Å². The average Bonchev–Trinajstić information content (AvgIpc) is 2.48. The van der Waals surface area contributed by atoms with Crippen LogP contribution < -0.4 is 10.6 Å². The van der Waals surface area contributed by atoms with Crippen LogP contribution in [0.3, 0.4) is 0 Å². The molecule has 6 nitrogen and oxygen atoms in total. The summed E-state index contributed by atoms with van der Waals surface area (Å²) in [5, 5.41) is 5.83. The number of nitrogens with one attached hydrogen (secondary N) is 2. The standard InChI is InChI=1S/C14H13FN4O2S/c1-9(10-3-2-6-16-8-10)17-14-18-12-5-4-11(15)7-13(12)22(20,21)19-14/h2-9H,1H3,(H2,17,18,19). The molecule has 8 heteroatoms. The van der Waals surface area contributed by atoms with Crippen molar-refractivity contribution in [2.45, 2.75) is 17.9 Å². The number of anilines is 1. The third kappa shape index (κ3) is 2.77. The van der Waals surface area contributed by atoms with Crippen LogP contribution in [0.15, 0.2) is 52.0 Å². The summed E-state index contributed by atoms with van der Waals surface area (Å²) in [6.45, 7) is 1.86. The predicted molar refractivity (Wildman–Crippen MR) is 80.4 cm³/mol. The van der Waals surface area contributed by atoms with E-state index in [9.17, 15) is 12.8 Å². The molecule has 0 bridgehead atoms. The van der Waals surface area contributed by atoms with E-state index in [4.69, 9.17) is 0 Å². The Labute approximate surface area is 127 Å². The molecule has 1 aromatic carbocycles. The number of rotatable bonds is 2. The van der Waals surface area contributed by atoms with E-state index in [0.29, 0.717) is 0 Å². The third-order valence-corrected chi connectivity index (χ3v) is 4.54. The van der Waals surface area contributed by atoms with Crippen molar-refractivity contribution in [3.05, 3.63) is 54.1 Å². The highest BCUT2D eigenvalue weighted by atomic mass is 32.2. The molecule has 1 atom stereocenters. The lowest BCUT2D eigenvalue weighted by Crippen LogP contribution is -2.36. The van der Waals surface area contributed by atoms with Crippen LogP contribution in [0.4, 0.5) is 10.1 Å². The monoisotopic (exact) mass is 320 g/mol. The van der Waals surface area contributed by atoms with Gasteiger partial charge in [-0.25, -0.2) is 4.39 Å². The first-order valence-corrected chi connectivity index (χ1v) is 7.98. The SMILES string of the molecule is CC(NC1=NS(=O)(=O)c2cc(F)ccc2N1)c1cccnc1. The minimum Gasteiger partial charge on any atom is -0.349 e. The third-order valence-electron chi connectivity index (χ3n) is 3.22. The van der Waals surface area contributed by atoms with E-state index in [1.807, 2.05) is 13.0 Å². The number of benzene rings is 1. The van der Waals surface area contributed by atoms with Gasteiger partial charge < -0.3 is 10.6 Å². The van der Waals surface area contributed by atoms with Crippen molar-refractivity contribution in [3.63, 3.8) is 0 Å². The van der Waals surface area contributed by atoms with Gasteiger partial charge in [-0.15, -0.1) is 4.40 Å². The van der Waals surface area contributed by atoms with Crippen molar-refractivity contribution in [3.8, 4) is 0 Å². The van der Waals surface area contributed by atoms with Gasteiger partial charge in [-0.2, -0.15) is 8.42 Å². The zero-order valence-electron chi connectivity index (χ0n) is 11.6. The molecule has 0 fully saturated rings. The van der Waals surface area contributed by atoms with Gasteiger partial charge in [0.25, 0.3) is 10.0 Å². The van der Waals surface area contributed by atoms with Gasteiger partial charge in [0, 0.05) is 12.4 Å². The first kappa shape index (κ1) is 14.5. The number of guanidine groups is 1. The molecule has 3 rings (SSSR count). The molecular formula is C14H13FN4O2S. The van der Waals surface area contributed by atoms with Crippen LogP contribution >= 0.6 is 0 Å². The van der Waals surface area contributed by atoms with E-state index in [2.05, 4.69) is 20.0 Å². The Bertz CT molecular complexity index is 837. The van der Waals surface area contributed by atoms with Crippen molar-refractivity contribution >= 4 is 21.7 Å². The predicted octanol–water partition coefficient (Wildman–Crippen LogP) is 2.04. The zero-order chi connectivity index (χ0) is 15.7. The zero-order valence-corrected chi connectivity index (χ0v) is 12.4. The normalized spacial score (nSPS) is 16.9. The maximum Gasteiger partial charge on any atom is 0.287 e. The lowest BCUT2D eigenvalue weighted by Gasteiger charge is -2.22. The summed E-state index contributed by atoms with van der Waals surface area (Å²) in [7, 11) is -3.93. The summed E-state index contributed by atoms with van der Waals surface area (Å²) < 4.78 is 41.1. The number of hydrogen-bond acceptors (Lipinski definition) is 5. The van der Waals surface area contributed by atoms with Crippen LogP contribution in [0.2, 0.25) is 0 Å². The molecular weight excluding hydrogens is 307 g/mol. The Morgan fingerprint density at radius 2 is 2.14 bits per heavy atom.